The van der Waals surface area contributed by atoms with E-state index >= 15 is 0 Å². The van der Waals surface area contributed by atoms with E-state index in [1.807, 2.05) is 43.3 Å². The molecule has 192 valence electrons. The molecule has 8 nitrogen and oxygen atoms in total. The molecular weight excluding hydrogens is 609 g/mol. The van der Waals surface area contributed by atoms with Crippen LogP contribution < -0.4 is 15.7 Å². The maximum absolute atomic E-state index is 13.7. The molecule has 4 rings (SSSR count). The highest BCUT2D eigenvalue weighted by molar-refractivity contribution is 14.1. The second kappa shape index (κ2) is 11.8. The van der Waals surface area contributed by atoms with Crippen LogP contribution in [-0.4, -0.2) is 38.9 Å². The highest BCUT2D eigenvalue weighted by atomic mass is 127. The van der Waals surface area contributed by atoms with Gasteiger partial charge in [0.15, 0.2) is 0 Å². The van der Waals surface area contributed by atoms with Crippen LogP contribution in [0.2, 0.25) is 5.02 Å². The number of halogens is 2. The summed E-state index contributed by atoms with van der Waals surface area (Å²) >= 11 is 8.47. The lowest BCUT2D eigenvalue weighted by Gasteiger charge is -2.25. The molecule has 0 aliphatic carbocycles. The first-order chi connectivity index (χ1) is 17.8. The summed E-state index contributed by atoms with van der Waals surface area (Å²) in [5, 5.41) is 23.3. The topological polar surface area (TPSA) is 117 Å². The smallest absolute Gasteiger partial charge is 0.329 e. The third kappa shape index (κ3) is 6.00. The van der Waals surface area contributed by atoms with Crippen LogP contribution in [0.1, 0.15) is 24.4 Å². The molecule has 1 aromatic heterocycles. The summed E-state index contributed by atoms with van der Waals surface area (Å²) in [4.78, 5) is 29.5. The Hall–Kier alpha value is -3.28. The number of benzene rings is 3. The van der Waals surface area contributed by atoms with Gasteiger partial charge in [-0.1, -0.05) is 48.9 Å². The van der Waals surface area contributed by atoms with Crippen LogP contribution in [0.15, 0.2) is 77.6 Å². The number of amides is 1. The van der Waals surface area contributed by atoms with Crippen LogP contribution in [0.3, 0.4) is 0 Å². The van der Waals surface area contributed by atoms with Crippen molar-refractivity contribution in [3.05, 3.63) is 97.4 Å². The number of rotatable bonds is 9. The molecule has 0 saturated carbocycles. The molecule has 0 aliphatic heterocycles. The highest BCUT2D eigenvalue weighted by Gasteiger charge is 2.33. The van der Waals surface area contributed by atoms with Gasteiger partial charge >= 0.3 is 5.69 Å². The van der Waals surface area contributed by atoms with Crippen molar-refractivity contribution in [2.45, 2.75) is 18.9 Å². The predicted molar refractivity (Wildman–Crippen MR) is 151 cm³/mol. The molecule has 0 radical (unpaired) electrons. The van der Waals surface area contributed by atoms with Gasteiger partial charge in [0.2, 0.25) is 11.8 Å². The van der Waals surface area contributed by atoms with Crippen molar-refractivity contribution in [2.75, 3.05) is 18.5 Å². The van der Waals surface area contributed by atoms with Crippen molar-refractivity contribution >= 4 is 45.8 Å². The number of aromatic amines is 1. The quantitative estimate of drug-likeness (QED) is 0.190. The van der Waals surface area contributed by atoms with E-state index in [0.717, 1.165) is 13.7 Å². The third-order valence-corrected chi connectivity index (χ3v) is 6.92. The van der Waals surface area contributed by atoms with E-state index in [-0.39, 0.29) is 24.8 Å². The number of anilines is 1. The summed E-state index contributed by atoms with van der Waals surface area (Å²) in [6.45, 7) is 1.85. The Morgan fingerprint density at radius 2 is 1.84 bits per heavy atom. The number of nitrogens with zero attached hydrogens (tertiary/aromatic N) is 1. The van der Waals surface area contributed by atoms with Crippen molar-refractivity contribution in [3.8, 4) is 22.9 Å². The third-order valence-electron chi connectivity index (χ3n) is 5.94. The second-order valence-electron chi connectivity index (χ2n) is 8.35. The monoisotopic (exact) mass is 633 g/mol. The Kier molecular flexibility index (Phi) is 8.57. The Labute approximate surface area is 232 Å². The van der Waals surface area contributed by atoms with Gasteiger partial charge in [-0.15, -0.1) is 0 Å². The van der Waals surface area contributed by atoms with Crippen molar-refractivity contribution in [1.82, 2.24) is 9.55 Å². The molecule has 2 atom stereocenters. The molecule has 3 aromatic carbocycles. The first kappa shape index (κ1) is 26.8. The van der Waals surface area contributed by atoms with Gasteiger partial charge in [-0.3, -0.25) is 4.79 Å². The van der Waals surface area contributed by atoms with E-state index in [0.29, 0.717) is 22.0 Å². The number of aliphatic hydroxyl groups excluding tert-OH is 1. The lowest BCUT2D eigenvalue weighted by Crippen LogP contribution is -2.35. The van der Waals surface area contributed by atoms with Gasteiger partial charge in [0.25, 0.3) is 0 Å². The zero-order chi connectivity index (χ0) is 26.5. The normalized spacial score (nSPS) is 12.6. The fraction of sp³-hybridized carbons (Fsp3) is 0.185. The van der Waals surface area contributed by atoms with E-state index in [9.17, 15) is 14.7 Å². The first-order valence-corrected chi connectivity index (χ1v) is 12.9. The largest absolute Gasteiger partial charge is 0.493 e. The van der Waals surface area contributed by atoms with Crippen LogP contribution in [0, 0.1) is 3.57 Å². The number of nitrogens with one attached hydrogen (secondary N) is 2. The van der Waals surface area contributed by atoms with Gasteiger partial charge in [0, 0.05) is 15.1 Å². The Morgan fingerprint density at radius 1 is 1.14 bits per heavy atom. The Bertz CT molecular complexity index is 1440. The SMILES string of the molecule is C[C@@H](c1ccccc1)[C@@H](C(=O)Nc1ccc(I)cc1Cl)n1c(O)c(-c2ccc(OCCO)cc2)[nH]c1=O. The number of imidazole rings is 1. The van der Waals surface area contributed by atoms with Crippen LogP contribution in [0.4, 0.5) is 5.69 Å². The maximum atomic E-state index is 13.7. The van der Waals surface area contributed by atoms with Crippen molar-refractivity contribution in [1.29, 1.82) is 0 Å². The molecule has 0 fully saturated rings. The zero-order valence-corrected chi connectivity index (χ0v) is 22.7. The minimum atomic E-state index is -1.09. The number of hydrogen-bond acceptors (Lipinski definition) is 5. The highest BCUT2D eigenvalue weighted by Crippen LogP contribution is 2.36. The van der Waals surface area contributed by atoms with Crippen molar-refractivity contribution in [3.63, 3.8) is 0 Å². The lowest BCUT2D eigenvalue weighted by atomic mass is 9.92. The number of H-pyrrole nitrogens is 1. The fourth-order valence-corrected chi connectivity index (χ4v) is 4.99. The van der Waals surface area contributed by atoms with E-state index < -0.39 is 23.6 Å². The molecule has 0 aliphatic rings. The maximum Gasteiger partial charge on any atom is 0.329 e. The van der Waals surface area contributed by atoms with E-state index in [4.69, 9.17) is 21.4 Å². The number of hydrogen-bond donors (Lipinski definition) is 4. The molecule has 0 saturated heterocycles. The van der Waals surface area contributed by atoms with Gasteiger partial charge in [0.1, 0.15) is 24.1 Å². The first-order valence-electron chi connectivity index (χ1n) is 11.5. The summed E-state index contributed by atoms with van der Waals surface area (Å²) in [6.07, 6.45) is 0. The average Bonchev–Trinajstić information content (AvgIpc) is 3.19. The molecule has 1 heterocycles. The summed E-state index contributed by atoms with van der Waals surface area (Å²) in [6, 6.07) is 20.1. The van der Waals surface area contributed by atoms with E-state index in [1.165, 1.54) is 0 Å². The lowest BCUT2D eigenvalue weighted by molar-refractivity contribution is -0.120. The Morgan fingerprint density at radius 3 is 2.49 bits per heavy atom. The predicted octanol–water partition coefficient (Wildman–Crippen LogP) is 5.16. The molecule has 0 unspecified atom stereocenters. The van der Waals surface area contributed by atoms with Gasteiger partial charge in [-0.05, 0) is 70.6 Å². The average molecular weight is 634 g/mol. The number of carbonyl (C=O) groups excluding carboxylic acids is 1. The van der Waals surface area contributed by atoms with E-state index in [2.05, 4.69) is 32.9 Å². The standard InChI is InChI=1S/C27H25ClIN3O5/c1-16(17-5-3-2-4-6-17)24(25(34)30-22-12-9-19(29)15-21(22)28)32-26(35)23(31-27(32)36)18-7-10-20(11-8-18)37-14-13-33/h2-12,15-16,24,33,35H,13-14H2,1H3,(H,30,34)(H,31,36)/t16-,24-/m0/s1. The van der Waals surface area contributed by atoms with Gasteiger partial charge < -0.3 is 25.3 Å². The summed E-state index contributed by atoms with van der Waals surface area (Å²) in [5.74, 6) is -0.824. The molecule has 0 spiro atoms. The molecular formula is C27H25ClIN3O5. The number of ether oxygens (including phenoxy) is 1. The Balaban J connectivity index is 1.75. The minimum absolute atomic E-state index is 0.116. The molecule has 4 N–H and O–H groups in total. The number of aromatic hydroxyl groups is 1. The van der Waals surface area contributed by atoms with Crippen molar-refractivity contribution in [2.24, 2.45) is 0 Å². The van der Waals surface area contributed by atoms with Gasteiger partial charge in [0.05, 0.1) is 17.3 Å². The molecule has 10 heteroatoms. The van der Waals surface area contributed by atoms with Crippen molar-refractivity contribution < 1.29 is 19.7 Å². The molecule has 37 heavy (non-hydrogen) atoms. The van der Waals surface area contributed by atoms with Crippen LogP contribution in [-0.2, 0) is 4.79 Å². The van der Waals surface area contributed by atoms with Gasteiger partial charge in [-0.2, -0.15) is 0 Å². The molecule has 1 amide bonds. The fourth-order valence-electron chi connectivity index (χ4n) is 4.08. The number of carbonyl (C=O) groups is 1. The van der Waals surface area contributed by atoms with E-state index in [1.54, 1.807) is 36.4 Å². The zero-order valence-electron chi connectivity index (χ0n) is 19.8. The second-order valence-corrected chi connectivity index (χ2v) is 10.0. The number of aromatic nitrogens is 2. The summed E-state index contributed by atoms with van der Waals surface area (Å²) in [5.41, 5.74) is 1.28. The van der Waals surface area contributed by atoms with Crippen LogP contribution in [0.5, 0.6) is 11.6 Å². The van der Waals surface area contributed by atoms with Crippen LogP contribution >= 0.6 is 34.2 Å². The summed E-state index contributed by atoms with van der Waals surface area (Å²) in [7, 11) is 0. The minimum Gasteiger partial charge on any atom is -0.493 e. The number of aliphatic hydroxyl groups is 1. The summed E-state index contributed by atoms with van der Waals surface area (Å²) < 4.78 is 7.35. The molecule has 4 aromatic rings. The van der Waals surface area contributed by atoms with Crippen LogP contribution in [0.25, 0.3) is 11.3 Å². The molecule has 0 bridgehead atoms. The van der Waals surface area contributed by atoms with Gasteiger partial charge in [-0.25, -0.2) is 9.36 Å².